The smallest absolute Gasteiger partial charge is 0.112 e. The van der Waals surface area contributed by atoms with Crippen molar-refractivity contribution >= 4 is 23.2 Å². The van der Waals surface area contributed by atoms with Crippen molar-refractivity contribution in [2.24, 2.45) is 0 Å². The van der Waals surface area contributed by atoms with Gasteiger partial charge >= 0.3 is 0 Å². The Kier molecular flexibility index (Phi) is 2.77. The van der Waals surface area contributed by atoms with Crippen molar-refractivity contribution in [2.45, 2.75) is 18.9 Å². The summed E-state index contributed by atoms with van der Waals surface area (Å²) < 4.78 is 0. The van der Waals surface area contributed by atoms with Crippen LogP contribution in [0.15, 0.2) is 18.2 Å². The molecule has 1 heterocycles. The molecule has 2 N–H and O–H groups in total. The number of nitrogens with two attached hydrogens (primary N) is 1. The Morgan fingerprint density at radius 2 is 2.08 bits per heavy atom. The third kappa shape index (κ3) is 1.98. The van der Waals surface area contributed by atoms with Gasteiger partial charge in [0.2, 0.25) is 0 Å². The van der Waals surface area contributed by atoms with Crippen LogP contribution >= 0.6 is 23.2 Å². The van der Waals surface area contributed by atoms with E-state index >= 15 is 0 Å². The molecule has 1 fully saturated rings. The fourth-order valence-electron chi connectivity index (χ4n) is 1.82. The normalized spacial score (nSPS) is 22.2. The maximum Gasteiger partial charge on any atom is 0.112 e. The van der Waals surface area contributed by atoms with E-state index in [9.17, 15) is 0 Å². The summed E-state index contributed by atoms with van der Waals surface area (Å²) in [5.41, 5.74) is 1.30. The molecule has 1 atom stereocenters. The highest BCUT2D eigenvalue weighted by molar-refractivity contribution is 6.42. The molecule has 70 valence electrons. The largest absolute Gasteiger partial charge is 0.340 e. The summed E-state index contributed by atoms with van der Waals surface area (Å²) in [5, 5.41) is 3.67. The molecule has 1 aliphatic rings. The average Bonchev–Trinajstić information content (AvgIpc) is 2.62. The molecule has 0 saturated carbocycles. The van der Waals surface area contributed by atoms with Crippen molar-refractivity contribution in [1.29, 1.82) is 0 Å². The van der Waals surface area contributed by atoms with Crippen molar-refractivity contribution in [3.05, 3.63) is 33.8 Å². The summed E-state index contributed by atoms with van der Waals surface area (Å²) in [6.45, 7) is 1.23. The van der Waals surface area contributed by atoms with E-state index in [0.29, 0.717) is 16.1 Å². The minimum Gasteiger partial charge on any atom is -0.340 e. The van der Waals surface area contributed by atoms with Crippen molar-refractivity contribution in [2.75, 3.05) is 6.54 Å². The SMILES string of the molecule is Clc1ccc([C@H]2CCC[NH2+]2)cc1Cl. The van der Waals surface area contributed by atoms with Crippen LogP contribution in [0.4, 0.5) is 0 Å². The summed E-state index contributed by atoms with van der Waals surface area (Å²) in [7, 11) is 0. The van der Waals surface area contributed by atoms with Gasteiger partial charge in [-0.2, -0.15) is 0 Å². The van der Waals surface area contributed by atoms with E-state index in [1.165, 1.54) is 24.9 Å². The van der Waals surface area contributed by atoms with Crippen LogP contribution in [-0.4, -0.2) is 6.54 Å². The zero-order valence-corrected chi connectivity index (χ0v) is 8.78. The number of hydrogen-bond donors (Lipinski definition) is 1. The lowest BCUT2D eigenvalue weighted by atomic mass is 10.1. The molecule has 0 unspecified atom stereocenters. The quantitative estimate of drug-likeness (QED) is 0.743. The number of rotatable bonds is 1. The third-order valence-electron chi connectivity index (χ3n) is 2.54. The van der Waals surface area contributed by atoms with E-state index in [-0.39, 0.29) is 0 Å². The molecule has 0 amide bonds. The molecule has 0 radical (unpaired) electrons. The molecule has 1 nitrogen and oxygen atoms in total. The van der Waals surface area contributed by atoms with E-state index in [4.69, 9.17) is 23.2 Å². The van der Waals surface area contributed by atoms with Crippen LogP contribution in [0, 0.1) is 0 Å². The second-order valence-electron chi connectivity index (χ2n) is 3.45. The molecule has 0 aromatic heterocycles. The summed E-state index contributed by atoms with van der Waals surface area (Å²) >= 11 is 11.8. The van der Waals surface area contributed by atoms with E-state index in [2.05, 4.69) is 11.4 Å². The number of quaternary nitrogens is 1. The van der Waals surface area contributed by atoms with Gasteiger partial charge in [-0.05, 0) is 12.1 Å². The molecule has 1 aromatic rings. The molecule has 0 bridgehead atoms. The highest BCUT2D eigenvalue weighted by atomic mass is 35.5. The molecule has 0 aliphatic carbocycles. The topological polar surface area (TPSA) is 16.6 Å². The first-order valence-electron chi connectivity index (χ1n) is 4.55. The molecule has 1 saturated heterocycles. The van der Waals surface area contributed by atoms with Crippen LogP contribution in [0.1, 0.15) is 24.4 Å². The van der Waals surface area contributed by atoms with Crippen LogP contribution in [-0.2, 0) is 0 Å². The zero-order chi connectivity index (χ0) is 9.26. The van der Waals surface area contributed by atoms with E-state index in [1.54, 1.807) is 0 Å². The Balaban J connectivity index is 2.25. The summed E-state index contributed by atoms with van der Waals surface area (Å²) in [4.78, 5) is 0. The second kappa shape index (κ2) is 3.87. The first kappa shape index (κ1) is 9.32. The Morgan fingerprint density at radius 3 is 2.69 bits per heavy atom. The second-order valence-corrected chi connectivity index (χ2v) is 4.26. The standard InChI is InChI=1S/C10H11Cl2N/c11-8-4-3-7(6-9(8)12)10-2-1-5-13-10/h3-4,6,10,13H,1-2,5H2/p+1/t10-/m1/s1. The van der Waals surface area contributed by atoms with E-state index in [0.717, 1.165) is 0 Å². The van der Waals surface area contributed by atoms with Gasteiger partial charge in [-0.1, -0.05) is 29.3 Å². The molecule has 0 spiro atoms. The first-order valence-corrected chi connectivity index (χ1v) is 5.31. The molecular weight excluding hydrogens is 205 g/mol. The average molecular weight is 217 g/mol. The summed E-state index contributed by atoms with van der Waals surface area (Å²) in [5.74, 6) is 0. The monoisotopic (exact) mass is 216 g/mol. The maximum absolute atomic E-state index is 5.95. The molecule has 1 aromatic carbocycles. The predicted octanol–water partition coefficient (Wildman–Crippen LogP) is 2.39. The minimum absolute atomic E-state index is 0.592. The third-order valence-corrected chi connectivity index (χ3v) is 3.28. The highest BCUT2D eigenvalue weighted by Crippen LogP contribution is 2.26. The van der Waals surface area contributed by atoms with Crippen molar-refractivity contribution < 1.29 is 5.32 Å². The highest BCUT2D eigenvalue weighted by Gasteiger charge is 2.20. The Hall–Kier alpha value is -0.240. The van der Waals surface area contributed by atoms with E-state index in [1.807, 2.05) is 12.1 Å². The molecule has 3 heteroatoms. The Bertz CT molecular complexity index is 306. The van der Waals surface area contributed by atoms with Crippen molar-refractivity contribution in [1.82, 2.24) is 0 Å². The number of benzene rings is 1. The van der Waals surface area contributed by atoms with Crippen molar-refractivity contribution in [3.63, 3.8) is 0 Å². The fourth-order valence-corrected chi connectivity index (χ4v) is 2.13. The van der Waals surface area contributed by atoms with Crippen LogP contribution in [0.3, 0.4) is 0 Å². The lowest BCUT2D eigenvalue weighted by molar-refractivity contribution is -0.676. The molecular formula is C10H12Cl2N+. The summed E-state index contributed by atoms with van der Waals surface area (Å²) in [6.07, 6.45) is 2.54. The molecule has 1 aliphatic heterocycles. The molecule has 2 rings (SSSR count). The molecule has 13 heavy (non-hydrogen) atoms. The van der Waals surface area contributed by atoms with Gasteiger partial charge in [-0.3, -0.25) is 0 Å². The van der Waals surface area contributed by atoms with Crippen LogP contribution in [0.2, 0.25) is 10.0 Å². The zero-order valence-electron chi connectivity index (χ0n) is 7.26. The van der Waals surface area contributed by atoms with Gasteiger partial charge < -0.3 is 5.32 Å². The van der Waals surface area contributed by atoms with Gasteiger partial charge in [0.15, 0.2) is 0 Å². The van der Waals surface area contributed by atoms with Gasteiger partial charge in [0, 0.05) is 18.4 Å². The van der Waals surface area contributed by atoms with Gasteiger partial charge in [0.05, 0.1) is 16.6 Å². The summed E-state index contributed by atoms with van der Waals surface area (Å²) in [6, 6.07) is 6.53. The maximum atomic E-state index is 5.95. The van der Waals surface area contributed by atoms with E-state index < -0.39 is 0 Å². The lowest BCUT2D eigenvalue weighted by Crippen LogP contribution is -2.81. The Labute approximate surface area is 88.0 Å². The van der Waals surface area contributed by atoms with Crippen molar-refractivity contribution in [3.8, 4) is 0 Å². The minimum atomic E-state index is 0.592. The number of halogens is 2. The first-order chi connectivity index (χ1) is 6.27. The lowest BCUT2D eigenvalue weighted by Gasteiger charge is -2.07. The van der Waals surface area contributed by atoms with Crippen LogP contribution < -0.4 is 5.32 Å². The Morgan fingerprint density at radius 1 is 1.23 bits per heavy atom. The van der Waals surface area contributed by atoms with Gasteiger partial charge in [-0.15, -0.1) is 0 Å². The van der Waals surface area contributed by atoms with Gasteiger partial charge in [-0.25, -0.2) is 0 Å². The van der Waals surface area contributed by atoms with Gasteiger partial charge in [0.25, 0.3) is 0 Å². The predicted molar refractivity (Wildman–Crippen MR) is 55.2 cm³/mol. The van der Waals surface area contributed by atoms with Gasteiger partial charge in [0.1, 0.15) is 6.04 Å². The van der Waals surface area contributed by atoms with Crippen LogP contribution in [0.5, 0.6) is 0 Å². The fraction of sp³-hybridized carbons (Fsp3) is 0.400. The number of hydrogen-bond acceptors (Lipinski definition) is 0. The van der Waals surface area contributed by atoms with Crippen LogP contribution in [0.25, 0.3) is 0 Å².